The molecular weight excluding hydrogens is 656 g/mol. The molecule has 7 rings (SSSR count). The summed E-state index contributed by atoms with van der Waals surface area (Å²) in [6.45, 7) is 22.8. The Morgan fingerprint density at radius 2 is 0.491 bits per heavy atom. The Bertz CT molecular complexity index is 2120. The van der Waals surface area contributed by atoms with Crippen molar-refractivity contribution in [1.82, 2.24) is 0 Å². The molecule has 0 amide bonds. The van der Waals surface area contributed by atoms with Gasteiger partial charge in [-0.1, -0.05) is 98.9 Å². The highest BCUT2D eigenvalue weighted by Gasteiger charge is 2.20. The fraction of sp³-hybridized carbons (Fsp3) is 0.192. The largest absolute Gasteiger partial charge is 0.0803 e. The van der Waals surface area contributed by atoms with Crippen LogP contribution in [0.25, 0.3) is 66.8 Å². The Kier molecular flexibility index (Phi) is 10.1. The van der Waals surface area contributed by atoms with Crippen LogP contribution in [-0.4, -0.2) is 13.3 Å². The molecule has 0 saturated heterocycles. The Labute approximate surface area is 319 Å². The topological polar surface area (TPSA) is 0 Å². The van der Waals surface area contributed by atoms with Crippen molar-refractivity contribution in [3.63, 3.8) is 0 Å². The summed E-state index contributed by atoms with van der Waals surface area (Å²) in [4.78, 5) is 0. The van der Waals surface area contributed by atoms with Gasteiger partial charge in [-0.3, -0.25) is 0 Å². The highest BCUT2D eigenvalue weighted by atomic mass is 31.1. The van der Waals surface area contributed by atoms with Crippen molar-refractivity contribution in [2.24, 2.45) is 0 Å². The van der Waals surface area contributed by atoms with Crippen LogP contribution in [-0.2, 0) is 0 Å². The van der Waals surface area contributed by atoms with Crippen LogP contribution in [0.3, 0.4) is 0 Å². The van der Waals surface area contributed by atoms with Crippen LogP contribution < -0.4 is 5.30 Å². The minimum atomic E-state index is -0.490. The highest BCUT2D eigenvalue weighted by molar-refractivity contribution is 7.64. The average molecular weight is 707 g/mol. The first-order valence-corrected chi connectivity index (χ1v) is 21.0. The van der Waals surface area contributed by atoms with Crippen molar-refractivity contribution in [2.75, 3.05) is 13.3 Å². The molecule has 0 aliphatic rings. The standard InChI is InChI=1S/C52H51P/c1-32-16-11-17-33(2)48(32)42-26-40(27-43(30-42)49-34(3)18-12-19-35(49)4)46-24-15-25-47(52(46)53(9)10)41-28-44(50-36(5)20-13-21-37(50)6)31-45(29-41)51-38(7)22-14-23-39(51)8/h11-31H,1-10H3. The Hall–Kier alpha value is -5.03. The number of hydrogen-bond acceptors (Lipinski definition) is 0. The minimum absolute atomic E-state index is 0.490. The third-order valence-electron chi connectivity index (χ3n) is 11.1. The predicted molar refractivity (Wildman–Crippen MR) is 235 cm³/mol. The molecule has 264 valence electrons. The fourth-order valence-corrected chi connectivity index (χ4v) is 10.1. The molecule has 0 spiro atoms. The van der Waals surface area contributed by atoms with E-state index in [4.69, 9.17) is 0 Å². The minimum Gasteiger partial charge on any atom is -0.0803 e. The lowest BCUT2D eigenvalue weighted by Crippen LogP contribution is -2.09. The van der Waals surface area contributed by atoms with E-state index in [1.807, 2.05) is 0 Å². The number of aryl methyl sites for hydroxylation is 8. The molecular formula is C52H51P. The van der Waals surface area contributed by atoms with Gasteiger partial charge in [0.1, 0.15) is 0 Å². The second-order valence-corrected chi connectivity index (χ2v) is 17.5. The zero-order valence-electron chi connectivity index (χ0n) is 33.1. The van der Waals surface area contributed by atoms with E-state index in [2.05, 4.69) is 196 Å². The van der Waals surface area contributed by atoms with Crippen molar-refractivity contribution in [3.8, 4) is 66.8 Å². The molecule has 0 saturated carbocycles. The summed E-state index contributed by atoms with van der Waals surface area (Å²) in [6, 6.07) is 48.3. The summed E-state index contributed by atoms with van der Waals surface area (Å²) in [6.07, 6.45) is 0. The molecule has 0 radical (unpaired) electrons. The summed E-state index contributed by atoms with van der Waals surface area (Å²) >= 11 is 0. The van der Waals surface area contributed by atoms with Gasteiger partial charge in [-0.05, 0) is 222 Å². The van der Waals surface area contributed by atoms with Gasteiger partial charge in [-0.2, -0.15) is 0 Å². The normalized spacial score (nSPS) is 11.4. The first-order chi connectivity index (χ1) is 25.4. The highest BCUT2D eigenvalue weighted by Crippen LogP contribution is 2.43. The van der Waals surface area contributed by atoms with Gasteiger partial charge in [-0.25, -0.2) is 0 Å². The van der Waals surface area contributed by atoms with Crippen molar-refractivity contribution in [1.29, 1.82) is 0 Å². The van der Waals surface area contributed by atoms with Crippen LogP contribution in [0, 0.1) is 55.4 Å². The van der Waals surface area contributed by atoms with Gasteiger partial charge in [0, 0.05) is 0 Å². The van der Waals surface area contributed by atoms with Crippen molar-refractivity contribution in [3.05, 3.63) is 172 Å². The monoisotopic (exact) mass is 706 g/mol. The van der Waals surface area contributed by atoms with Crippen LogP contribution in [0.1, 0.15) is 44.5 Å². The van der Waals surface area contributed by atoms with E-state index in [1.54, 1.807) is 0 Å². The molecule has 53 heavy (non-hydrogen) atoms. The summed E-state index contributed by atoms with van der Waals surface area (Å²) in [5, 5.41) is 1.44. The van der Waals surface area contributed by atoms with Gasteiger partial charge >= 0.3 is 0 Å². The van der Waals surface area contributed by atoms with E-state index in [9.17, 15) is 0 Å². The lowest BCUT2D eigenvalue weighted by atomic mass is 9.86. The molecule has 7 aromatic rings. The second kappa shape index (κ2) is 14.8. The van der Waals surface area contributed by atoms with Crippen LogP contribution in [0.4, 0.5) is 0 Å². The maximum absolute atomic E-state index is 2.45. The van der Waals surface area contributed by atoms with Crippen LogP contribution >= 0.6 is 7.92 Å². The Morgan fingerprint density at radius 3 is 0.717 bits per heavy atom. The molecule has 0 bridgehead atoms. The van der Waals surface area contributed by atoms with Gasteiger partial charge in [0.15, 0.2) is 0 Å². The molecule has 0 nitrogen and oxygen atoms in total. The summed E-state index contributed by atoms with van der Waals surface area (Å²) in [7, 11) is -0.490. The number of rotatable bonds is 7. The molecule has 0 aromatic heterocycles. The molecule has 0 N–H and O–H groups in total. The first kappa shape index (κ1) is 36.3. The van der Waals surface area contributed by atoms with E-state index >= 15 is 0 Å². The molecule has 0 aliphatic heterocycles. The Morgan fingerprint density at radius 1 is 0.283 bits per heavy atom. The third kappa shape index (κ3) is 6.94. The number of benzene rings is 7. The quantitative estimate of drug-likeness (QED) is 0.145. The lowest BCUT2D eigenvalue weighted by Gasteiger charge is -2.23. The van der Waals surface area contributed by atoms with Gasteiger partial charge in [0.05, 0.1) is 0 Å². The molecule has 0 aliphatic carbocycles. The van der Waals surface area contributed by atoms with E-state index in [0.29, 0.717) is 0 Å². The maximum Gasteiger partial charge on any atom is -0.00895 e. The average Bonchev–Trinajstić information content (AvgIpc) is 3.11. The van der Waals surface area contributed by atoms with E-state index in [1.165, 1.54) is 117 Å². The molecule has 0 fully saturated rings. The zero-order chi connectivity index (χ0) is 37.6. The Balaban J connectivity index is 1.53. The van der Waals surface area contributed by atoms with Crippen molar-refractivity contribution >= 4 is 13.2 Å². The predicted octanol–water partition coefficient (Wildman–Crippen LogP) is 14.5. The van der Waals surface area contributed by atoms with Crippen molar-refractivity contribution in [2.45, 2.75) is 55.4 Å². The van der Waals surface area contributed by atoms with Crippen LogP contribution in [0.2, 0.25) is 0 Å². The SMILES string of the molecule is Cc1cccc(C)c1-c1cc(-c2cccc(-c3cc(-c4c(C)cccc4C)cc(-c4c(C)cccc4C)c3)c2P(C)C)cc(-c2c(C)cccc2C)c1. The zero-order valence-corrected chi connectivity index (χ0v) is 34.0. The smallest absolute Gasteiger partial charge is 0.00895 e. The van der Waals surface area contributed by atoms with Crippen molar-refractivity contribution < 1.29 is 0 Å². The second-order valence-electron chi connectivity index (χ2n) is 15.3. The maximum atomic E-state index is 2.45. The van der Waals surface area contributed by atoms with Crippen LogP contribution in [0.15, 0.2) is 127 Å². The molecule has 7 aromatic carbocycles. The van der Waals surface area contributed by atoms with E-state index in [0.717, 1.165) is 0 Å². The summed E-state index contributed by atoms with van der Waals surface area (Å²) < 4.78 is 0. The van der Waals surface area contributed by atoms with Gasteiger partial charge in [-0.15, -0.1) is 0 Å². The van der Waals surface area contributed by atoms with E-state index < -0.39 is 7.92 Å². The fourth-order valence-electron chi connectivity index (χ4n) is 8.71. The molecule has 0 atom stereocenters. The van der Waals surface area contributed by atoms with E-state index in [-0.39, 0.29) is 0 Å². The summed E-state index contributed by atoms with van der Waals surface area (Å²) in [5.74, 6) is 0. The lowest BCUT2D eigenvalue weighted by molar-refractivity contribution is 1.36. The summed E-state index contributed by atoms with van der Waals surface area (Å²) in [5.41, 5.74) is 26.1. The molecule has 0 heterocycles. The van der Waals surface area contributed by atoms with Gasteiger partial charge < -0.3 is 0 Å². The number of hydrogen-bond donors (Lipinski definition) is 0. The van der Waals surface area contributed by atoms with Gasteiger partial charge in [0.2, 0.25) is 0 Å². The van der Waals surface area contributed by atoms with Crippen LogP contribution in [0.5, 0.6) is 0 Å². The molecule has 1 heteroatoms. The van der Waals surface area contributed by atoms with Gasteiger partial charge in [0.25, 0.3) is 0 Å². The molecule has 0 unspecified atom stereocenters. The first-order valence-electron chi connectivity index (χ1n) is 18.8. The third-order valence-corrected chi connectivity index (χ3v) is 12.4.